The molecule has 2 saturated heterocycles. The average molecular weight is 283 g/mol. The molecule has 1 aliphatic carbocycles. The summed E-state index contributed by atoms with van der Waals surface area (Å²) in [6.07, 6.45) is 2.21. The van der Waals surface area contributed by atoms with E-state index in [0.717, 1.165) is 5.06 Å². The molecule has 4 rings (SSSR count). The van der Waals surface area contributed by atoms with Crippen molar-refractivity contribution >= 4 is 11.9 Å². The fourth-order valence-corrected chi connectivity index (χ4v) is 2.99. The quantitative estimate of drug-likeness (QED) is 0.504. The second kappa shape index (κ2) is 4.03. The Kier molecular flexibility index (Phi) is 2.73. The molecule has 110 valence electrons. The molecule has 2 bridgehead atoms. The van der Waals surface area contributed by atoms with Crippen LogP contribution in [0.2, 0.25) is 0 Å². The number of rotatable bonds is 1. The molecule has 7 heteroatoms. The molecular weight excluding hydrogens is 266 g/mol. The summed E-state index contributed by atoms with van der Waals surface area (Å²) in [6, 6.07) is -0.411. The summed E-state index contributed by atoms with van der Waals surface area (Å²) in [4.78, 5) is 29.5. The molecule has 0 unspecified atom stereocenters. The predicted molar refractivity (Wildman–Crippen MR) is 65.1 cm³/mol. The minimum absolute atomic E-state index is 0.306. The Bertz CT molecular complexity index is 501. The molecule has 0 N–H and O–H groups in total. The highest BCUT2D eigenvalue weighted by atomic mass is 16.8. The minimum atomic E-state index is -1.48. The van der Waals surface area contributed by atoms with Gasteiger partial charge in [-0.05, 0) is 19.9 Å². The van der Waals surface area contributed by atoms with Crippen LogP contribution in [0.4, 0.5) is 0 Å². The van der Waals surface area contributed by atoms with Gasteiger partial charge in [-0.15, -0.1) is 0 Å². The number of carbonyl (C=O) groups is 2. The van der Waals surface area contributed by atoms with Gasteiger partial charge in [0.05, 0.1) is 7.11 Å². The fraction of sp³-hybridized carbons (Fsp3) is 0.692. The minimum Gasteiger partial charge on any atom is -0.466 e. The molecule has 0 aromatic rings. The van der Waals surface area contributed by atoms with E-state index in [4.69, 9.17) is 19.0 Å². The average Bonchev–Trinajstić information content (AvgIpc) is 2.74. The number of carbonyl (C=O) groups excluding carboxylic acids is 2. The van der Waals surface area contributed by atoms with Gasteiger partial charge in [-0.3, -0.25) is 4.79 Å². The lowest BCUT2D eigenvalue weighted by Gasteiger charge is -2.50. The van der Waals surface area contributed by atoms with E-state index in [-0.39, 0.29) is 5.91 Å². The Labute approximate surface area is 116 Å². The number of esters is 1. The standard InChI is InChI=1S/C13H17NO6/c1-7(15)14-8-5-6-13(20-14,11(16)17-4)10-9(8)18-12(2,3)19-10/h5-6,8-10H,1-4H3/t8-,9+,10+,13+/m1/s1. The first kappa shape index (κ1) is 13.5. The van der Waals surface area contributed by atoms with Crippen LogP contribution in [0.3, 0.4) is 0 Å². The third kappa shape index (κ3) is 1.63. The highest BCUT2D eigenvalue weighted by Gasteiger charge is 2.67. The lowest BCUT2D eigenvalue weighted by molar-refractivity contribution is -0.298. The zero-order valence-electron chi connectivity index (χ0n) is 11.8. The van der Waals surface area contributed by atoms with Gasteiger partial charge in [-0.1, -0.05) is 6.08 Å². The molecule has 20 heavy (non-hydrogen) atoms. The van der Waals surface area contributed by atoms with E-state index in [2.05, 4.69) is 0 Å². The summed E-state index contributed by atoms with van der Waals surface area (Å²) in [5, 5.41) is 1.16. The van der Waals surface area contributed by atoms with Crippen LogP contribution in [0.25, 0.3) is 0 Å². The van der Waals surface area contributed by atoms with E-state index < -0.39 is 35.6 Å². The summed E-state index contributed by atoms with van der Waals surface area (Å²) in [5.74, 6) is -1.77. The molecule has 3 heterocycles. The van der Waals surface area contributed by atoms with Crippen LogP contribution in [0, 0.1) is 0 Å². The third-order valence-corrected chi connectivity index (χ3v) is 3.76. The normalized spacial score (nSPS) is 40.6. The Balaban J connectivity index is 2.07. The Morgan fingerprint density at radius 3 is 2.60 bits per heavy atom. The van der Waals surface area contributed by atoms with E-state index in [0.29, 0.717) is 0 Å². The highest BCUT2D eigenvalue weighted by molar-refractivity contribution is 5.85. The maximum absolute atomic E-state index is 12.2. The van der Waals surface area contributed by atoms with Gasteiger partial charge >= 0.3 is 5.97 Å². The highest BCUT2D eigenvalue weighted by Crippen LogP contribution is 2.47. The van der Waals surface area contributed by atoms with E-state index in [1.807, 2.05) is 0 Å². The summed E-state index contributed by atoms with van der Waals surface area (Å²) >= 11 is 0. The number of ether oxygens (including phenoxy) is 3. The maximum Gasteiger partial charge on any atom is 0.347 e. The number of fused-ring (bicyclic) bond motifs is 1. The zero-order chi connectivity index (χ0) is 14.7. The Hall–Kier alpha value is -1.44. The van der Waals surface area contributed by atoms with Crippen LogP contribution in [-0.2, 0) is 28.6 Å². The number of hydroxylamine groups is 2. The lowest BCUT2D eigenvalue weighted by Crippen LogP contribution is -2.70. The second-order valence-corrected chi connectivity index (χ2v) is 5.59. The molecular formula is C13H17NO6. The van der Waals surface area contributed by atoms with Gasteiger partial charge in [-0.2, -0.15) is 0 Å². The van der Waals surface area contributed by atoms with Crippen molar-refractivity contribution in [2.45, 2.75) is 50.4 Å². The van der Waals surface area contributed by atoms with Crippen molar-refractivity contribution in [3.63, 3.8) is 0 Å². The first-order valence-electron chi connectivity index (χ1n) is 6.43. The Morgan fingerprint density at radius 1 is 1.30 bits per heavy atom. The SMILES string of the molecule is COC(=O)[C@]12C=C[C@H]([C@@H]3OC(C)(C)O[C@@H]31)N(C(C)=O)O2. The number of nitrogens with zero attached hydrogens (tertiary/aromatic N) is 1. The van der Waals surface area contributed by atoms with Crippen LogP contribution >= 0.6 is 0 Å². The van der Waals surface area contributed by atoms with E-state index in [1.165, 1.54) is 14.0 Å². The molecule has 0 saturated carbocycles. The van der Waals surface area contributed by atoms with Crippen molar-refractivity contribution in [2.75, 3.05) is 7.11 Å². The summed E-state index contributed by atoms with van der Waals surface area (Å²) in [7, 11) is 1.27. The molecule has 3 aliphatic heterocycles. The van der Waals surface area contributed by atoms with Crippen molar-refractivity contribution < 1.29 is 28.6 Å². The van der Waals surface area contributed by atoms with Gasteiger partial charge in [0.1, 0.15) is 18.2 Å². The second-order valence-electron chi connectivity index (χ2n) is 5.59. The number of hydrogen-bond acceptors (Lipinski definition) is 6. The zero-order valence-corrected chi connectivity index (χ0v) is 11.8. The van der Waals surface area contributed by atoms with Crippen molar-refractivity contribution in [1.82, 2.24) is 5.06 Å². The molecule has 0 spiro atoms. The van der Waals surface area contributed by atoms with Crippen molar-refractivity contribution in [1.29, 1.82) is 0 Å². The summed E-state index contributed by atoms with van der Waals surface area (Å²) in [5.41, 5.74) is -1.48. The van der Waals surface area contributed by atoms with Crippen LogP contribution in [0.15, 0.2) is 12.2 Å². The molecule has 0 aromatic heterocycles. The van der Waals surface area contributed by atoms with E-state index >= 15 is 0 Å². The number of hydrogen-bond donors (Lipinski definition) is 0. The lowest BCUT2D eigenvalue weighted by atomic mass is 9.81. The summed E-state index contributed by atoms with van der Waals surface area (Å²) in [6.45, 7) is 4.89. The van der Waals surface area contributed by atoms with Gasteiger partial charge in [-0.25, -0.2) is 14.7 Å². The first-order valence-corrected chi connectivity index (χ1v) is 6.43. The molecule has 1 amide bonds. The van der Waals surface area contributed by atoms with Crippen molar-refractivity contribution in [2.24, 2.45) is 0 Å². The number of amides is 1. The van der Waals surface area contributed by atoms with Crippen molar-refractivity contribution in [3.8, 4) is 0 Å². The predicted octanol–water partition coefficient (Wildman–Crippen LogP) is 0.150. The number of methoxy groups -OCH3 is 1. The molecule has 4 aliphatic rings. The Morgan fingerprint density at radius 2 is 2.00 bits per heavy atom. The largest absolute Gasteiger partial charge is 0.466 e. The van der Waals surface area contributed by atoms with Crippen molar-refractivity contribution in [3.05, 3.63) is 12.2 Å². The fourth-order valence-electron chi connectivity index (χ4n) is 2.99. The molecule has 4 atom stereocenters. The molecule has 0 aromatic carbocycles. The third-order valence-electron chi connectivity index (χ3n) is 3.76. The summed E-state index contributed by atoms with van der Waals surface area (Å²) < 4.78 is 16.5. The topological polar surface area (TPSA) is 74.3 Å². The van der Waals surface area contributed by atoms with Crippen LogP contribution in [0.1, 0.15) is 20.8 Å². The van der Waals surface area contributed by atoms with Gasteiger partial charge in [0, 0.05) is 6.92 Å². The van der Waals surface area contributed by atoms with Gasteiger partial charge in [0.2, 0.25) is 11.5 Å². The monoisotopic (exact) mass is 283 g/mol. The molecule has 0 radical (unpaired) electrons. The maximum atomic E-state index is 12.2. The van der Waals surface area contributed by atoms with Crippen LogP contribution < -0.4 is 0 Å². The van der Waals surface area contributed by atoms with Crippen LogP contribution in [0.5, 0.6) is 0 Å². The smallest absolute Gasteiger partial charge is 0.347 e. The first-order chi connectivity index (χ1) is 9.31. The van der Waals surface area contributed by atoms with Gasteiger partial charge < -0.3 is 14.2 Å². The molecule has 7 nitrogen and oxygen atoms in total. The van der Waals surface area contributed by atoms with Crippen LogP contribution in [-0.4, -0.2) is 53.7 Å². The van der Waals surface area contributed by atoms with Gasteiger partial charge in [0.15, 0.2) is 5.79 Å². The molecule has 2 fully saturated rings. The van der Waals surface area contributed by atoms with E-state index in [9.17, 15) is 9.59 Å². The van der Waals surface area contributed by atoms with Gasteiger partial charge in [0.25, 0.3) is 0 Å². The van der Waals surface area contributed by atoms with E-state index in [1.54, 1.807) is 26.0 Å².